The maximum Gasteiger partial charge on any atom is 0.322 e. The zero-order valence-electron chi connectivity index (χ0n) is 10.7. The summed E-state index contributed by atoms with van der Waals surface area (Å²) < 4.78 is 10.1. The molecule has 0 amide bonds. The van der Waals surface area contributed by atoms with Crippen LogP contribution in [0.15, 0.2) is 0 Å². The molecule has 0 aromatic carbocycles. The predicted molar refractivity (Wildman–Crippen MR) is 67.7 cm³/mol. The van der Waals surface area contributed by atoms with Crippen molar-refractivity contribution in [2.24, 2.45) is 5.84 Å². The number of aliphatic hydroxyl groups is 1. The van der Waals surface area contributed by atoms with Crippen LogP contribution >= 0.6 is 0 Å². The Morgan fingerprint density at radius 1 is 1.32 bits per heavy atom. The molecule has 106 valence electrons. The molecule has 0 unspecified atom stereocenters. The monoisotopic (exact) mass is 270 g/mol. The first-order valence-electron chi connectivity index (χ1n) is 5.96. The van der Waals surface area contributed by atoms with E-state index in [4.69, 9.17) is 15.3 Å². The molecule has 0 saturated carbocycles. The van der Waals surface area contributed by atoms with Crippen LogP contribution in [-0.2, 0) is 4.74 Å². The van der Waals surface area contributed by atoms with E-state index in [2.05, 4.69) is 25.7 Å². The molecule has 1 aromatic rings. The summed E-state index contributed by atoms with van der Waals surface area (Å²) >= 11 is 0. The second kappa shape index (κ2) is 5.95. The van der Waals surface area contributed by atoms with Gasteiger partial charge in [-0.05, 0) is 0 Å². The van der Waals surface area contributed by atoms with Crippen molar-refractivity contribution < 1.29 is 14.6 Å². The van der Waals surface area contributed by atoms with Crippen LogP contribution in [-0.4, -0.2) is 52.5 Å². The average molecular weight is 270 g/mol. The lowest BCUT2D eigenvalue weighted by Gasteiger charge is -2.32. The van der Waals surface area contributed by atoms with E-state index >= 15 is 0 Å². The number of rotatable bonds is 5. The van der Waals surface area contributed by atoms with E-state index < -0.39 is 5.60 Å². The Hall–Kier alpha value is -1.71. The summed E-state index contributed by atoms with van der Waals surface area (Å²) in [5.74, 6) is 5.73. The second-order valence-corrected chi connectivity index (χ2v) is 4.30. The SMILES string of the molecule is COc1nc(NN)nc(NCC2(O)CCOCC2)n1. The Balaban J connectivity index is 2.02. The van der Waals surface area contributed by atoms with Crippen LogP contribution in [0.1, 0.15) is 12.8 Å². The maximum absolute atomic E-state index is 10.3. The van der Waals surface area contributed by atoms with E-state index in [1.807, 2.05) is 0 Å². The van der Waals surface area contributed by atoms with Crippen LogP contribution in [0, 0.1) is 0 Å². The van der Waals surface area contributed by atoms with Crippen molar-refractivity contribution in [2.45, 2.75) is 18.4 Å². The minimum atomic E-state index is -0.811. The van der Waals surface area contributed by atoms with Crippen molar-refractivity contribution in [3.8, 4) is 6.01 Å². The van der Waals surface area contributed by atoms with Gasteiger partial charge in [0.1, 0.15) is 0 Å². The van der Waals surface area contributed by atoms with E-state index in [0.29, 0.717) is 38.5 Å². The molecule has 1 aromatic heterocycles. The number of hydrogen-bond acceptors (Lipinski definition) is 9. The van der Waals surface area contributed by atoms with Crippen LogP contribution in [0.2, 0.25) is 0 Å². The highest BCUT2D eigenvalue weighted by Crippen LogP contribution is 2.21. The van der Waals surface area contributed by atoms with Crippen molar-refractivity contribution in [1.82, 2.24) is 15.0 Å². The lowest BCUT2D eigenvalue weighted by Crippen LogP contribution is -2.42. The third-order valence-electron chi connectivity index (χ3n) is 2.93. The number of ether oxygens (including phenoxy) is 2. The normalized spacial score (nSPS) is 17.8. The minimum absolute atomic E-state index is 0.143. The topological polar surface area (TPSA) is 127 Å². The molecule has 9 nitrogen and oxygen atoms in total. The highest BCUT2D eigenvalue weighted by molar-refractivity contribution is 5.35. The molecule has 0 bridgehead atoms. The Bertz CT molecular complexity index is 401. The molecular weight excluding hydrogens is 252 g/mol. The Labute approximate surface area is 110 Å². The van der Waals surface area contributed by atoms with Crippen molar-refractivity contribution in [3.63, 3.8) is 0 Å². The maximum atomic E-state index is 10.3. The molecule has 5 N–H and O–H groups in total. The summed E-state index contributed by atoms with van der Waals surface area (Å²) in [6.45, 7) is 1.43. The van der Waals surface area contributed by atoms with Gasteiger partial charge in [0.05, 0.1) is 12.7 Å². The van der Waals surface area contributed by atoms with Gasteiger partial charge in [-0.15, -0.1) is 0 Å². The van der Waals surface area contributed by atoms with Gasteiger partial charge in [0.2, 0.25) is 11.9 Å². The third-order valence-corrected chi connectivity index (χ3v) is 2.93. The van der Waals surface area contributed by atoms with Gasteiger partial charge in [0.25, 0.3) is 0 Å². The number of aromatic nitrogens is 3. The van der Waals surface area contributed by atoms with Gasteiger partial charge in [-0.3, -0.25) is 5.43 Å². The highest BCUT2D eigenvalue weighted by Gasteiger charge is 2.29. The fourth-order valence-corrected chi connectivity index (χ4v) is 1.76. The predicted octanol–water partition coefficient (Wildman–Crippen LogP) is -0.881. The minimum Gasteiger partial charge on any atom is -0.467 e. The second-order valence-electron chi connectivity index (χ2n) is 4.30. The first-order valence-corrected chi connectivity index (χ1v) is 5.96. The number of nitrogens with one attached hydrogen (secondary N) is 2. The number of hydrazine groups is 1. The standard InChI is InChI=1S/C10H18N6O3/c1-18-9-14-7(13-8(15-9)16-11)12-6-10(17)2-4-19-5-3-10/h17H,2-6,11H2,1H3,(H2,12,13,14,15,16). The molecule has 2 heterocycles. The Morgan fingerprint density at radius 3 is 2.63 bits per heavy atom. The highest BCUT2D eigenvalue weighted by atomic mass is 16.5. The largest absolute Gasteiger partial charge is 0.467 e. The first-order chi connectivity index (χ1) is 9.15. The van der Waals surface area contributed by atoms with Gasteiger partial charge in [0.15, 0.2) is 0 Å². The molecule has 2 rings (SSSR count). The molecule has 0 spiro atoms. The lowest BCUT2D eigenvalue weighted by atomic mass is 9.94. The molecule has 1 fully saturated rings. The molecular formula is C10H18N6O3. The van der Waals surface area contributed by atoms with E-state index in [0.717, 1.165) is 0 Å². The van der Waals surface area contributed by atoms with Crippen molar-refractivity contribution in [3.05, 3.63) is 0 Å². The van der Waals surface area contributed by atoms with Crippen LogP contribution < -0.4 is 21.3 Å². The van der Waals surface area contributed by atoms with E-state index in [-0.39, 0.29) is 12.0 Å². The van der Waals surface area contributed by atoms with Crippen LogP contribution in [0.4, 0.5) is 11.9 Å². The molecule has 0 aliphatic carbocycles. The number of nitrogens with zero attached hydrogens (tertiary/aromatic N) is 3. The molecule has 19 heavy (non-hydrogen) atoms. The van der Waals surface area contributed by atoms with E-state index in [1.165, 1.54) is 7.11 Å². The first kappa shape index (κ1) is 13.7. The Morgan fingerprint density at radius 2 is 2.00 bits per heavy atom. The fraction of sp³-hybridized carbons (Fsp3) is 0.700. The quantitative estimate of drug-likeness (QED) is 0.398. The van der Waals surface area contributed by atoms with E-state index in [1.54, 1.807) is 0 Å². The number of methoxy groups -OCH3 is 1. The number of hydrogen-bond donors (Lipinski definition) is 4. The van der Waals surface area contributed by atoms with Crippen molar-refractivity contribution in [2.75, 3.05) is 37.6 Å². The van der Waals surface area contributed by atoms with Crippen LogP contribution in [0.25, 0.3) is 0 Å². The average Bonchev–Trinajstić information content (AvgIpc) is 2.45. The lowest BCUT2D eigenvalue weighted by molar-refractivity contribution is -0.0544. The Kier molecular flexibility index (Phi) is 4.30. The number of anilines is 2. The van der Waals surface area contributed by atoms with Gasteiger partial charge in [-0.2, -0.15) is 15.0 Å². The van der Waals surface area contributed by atoms with Gasteiger partial charge in [-0.25, -0.2) is 5.84 Å². The molecule has 0 radical (unpaired) electrons. The molecule has 1 saturated heterocycles. The summed E-state index contributed by atoms with van der Waals surface area (Å²) in [4.78, 5) is 11.9. The van der Waals surface area contributed by atoms with Crippen LogP contribution in [0.3, 0.4) is 0 Å². The summed E-state index contributed by atoms with van der Waals surface area (Å²) in [7, 11) is 1.45. The smallest absolute Gasteiger partial charge is 0.322 e. The van der Waals surface area contributed by atoms with Gasteiger partial charge >= 0.3 is 6.01 Å². The molecule has 0 atom stereocenters. The molecule has 1 aliphatic heterocycles. The van der Waals surface area contributed by atoms with Gasteiger partial charge in [0, 0.05) is 32.6 Å². The van der Waals surface area contributed by atoms with E-state index in [9.17, 15) is 5.11 Å². The summed E-state index contributed by atoms with van der Waals surface area (Å²) in [5, 5.41) is 13.3. The van der Waals surface area contributed by atoms with Crippen LogP contribution in [0.5, 0.6) is 6.01 Å². The molecule has 1 aliphatic rings. The van der Waals surface area contributed by atoms with Crippen molar-refractivity contribution >= 4 is 11.9 Å². The van der Waals surface area contributed by atoms with Crippen molar-refractivity contribution in [1.29, 1.82) is 0 Å². The van der Waals surface area contributed by atoms with Gasteiger partial charge < -0.3 is 19.9 Å². The summed E-state index contributed by atoms with van der Waals surface area (Å²) in [5.41, 5.74) is 1.51. The molecule has 9 heteroatoms. The summed E-state index contributed by atoms with van der Waals surface area (Å²) in [6, 6.07) is 0.143. The zero-order chi connectivity index (χ0) is 13.7. The fourth-order valence-electron chi connectivity index (χ4n) is 1.76. The third kappa shape index (κ3) is 3.63. The van der Waals surface area contributed by atoms with Gasteiger partial charge in [-0.1, -0.05) is 0 Å². The summed E-state index contributed by atoms with van der Waals surface area (Å²) in [6.07, 6.45) is 1.15. The zero-order valence-corrected chi connectivity index (χ0v) is 10.7. The number of nitrogen functional groups attached to an aromatic ring is 1. The number of nitrogens with two attached hydrogens (primary N) is 1.